The van der Waals surface area contributed by atoms with Gasteiger partial charge in [0.25, 0.3) is 0 Å². The van der Waals surface area contributed by atoms with Crippen LogP contribution in [0.15, 0.2) is 0 Å². The molecule has 49 heavy (non-hydrogen) atoms. The summed E-state index contributed by atoms with van der Waals surface area (Å²) in [5, 5.41) is 20.5. The average molecular weight is 755 g/mol. The van der Waals surface area contributed by atoms with E-state index >= 15 is 0 Å². The number of hydrogen-bond donors (Lipinski definition) is 2. The molecule has 0 fully saturated rings. The van der Waals surface area contributed by atoms with Crippen LogP contribution >= 0.6 is 12.0 Å². The Labute approximate surface area is 311 Å². The SMILES string of the molecule is CCCCCC[N+](C)(C)CC(O)COCCCSOC(C)(C)[Si](C)(C)OC(C)(C)[Si](C)(C)CCCOCC(O)C[N+](C)(C)CCCCCC. The summed E-state index contributed by atoms with van der Waals surface area (Å²) in [4.78, 5) is 0. The molecule has 0 aromatic rings. The number of rotatable bonds is 32. The monoisotopic (exact) mass is 755 g/mol. The zero-order valence-corrected chi connectivity index (χ0v) is 37.9. The molecule has 0 aromatic heterocycles. The van der Waals surface area contributed by atoms with Gasteiger partial charge in [-0.15, -0.1) is 0 Å². The van der Waals surface area contributed by atoms with Crippen molar-refractivity contribution >= 4 is 28.4 Å². The zero-order valence-electron chi connectivity index (χ0n) is 35.1. The van der Waals surface area contributed by atoms with Crippen LogP contribution in [0.3, 0.4) is 0 Å². The van der Waals surface area contributed by atoms with Gasteiger partial charge in [0.15, 0.2) is 0 Å². The second kappa shape index (κ2) is 24.0. The van der Waals surface area contributed by atoms with Gasteiger partial charge in [-0.25, -0.2) is 0 Å². The molecule has 11 heteroatoms. The molecular formula is C38H86N2O6SSi2+2. The van der Waals surface area contributed by atoms with Crippen molar-refractivity contribution < 1.29 is 37.3 Å². The first-order valence-electron chi connectivity index (χ1n) is 19.7. The van der Waals surface area contributed by atoms with Crippen LogP contribution in [0.1, 0.15) is 106 Å². The third-order valence-corrected chi connectivity index (χ3v) is 21.1. The van der Waals surface area contributed by atoms with Crippen LogP contribution in [0.5, 0.6) is 0 Å². The first kappa shape index (κ1) is 49.5. The fourth-order valence-electron chi connectivity index (χ4n) is 6.13. The van der Waals surface area contributed by atoms with Crippen LogP contribution < -0.4 is 0 Å². The lowest BCUT2D eigenvalue weighted by molar-refractivity contribution is -0.893. The molecular weight excluding hydrogens is 669 g/mol. The number of nitrogens with zero attached hydrogens (tertiary/aromatic N) is 2. The van der Waals surface area contributed by atoms with Crippen LogP contribution in [0.25, 0.3) is 0 Å². The molecule has 2 unspecified atom stereocenters. The van der Waals surface area contributed by atoms with Crippen LogP contribution in [0.4, 0.5) is 0 Å². The maximum Gasteiger partial charge on any atom is 0.219 e. The maximum absolute atomic E-state index is 10.6. The molecule has 0 aliphatic carbocycles. The largest absolute Gasteiger partial charge is 0.412 e. The number of aliphatic hydroxyl groups is 2. The molecule has 0 rings (SSSR count). The molecule has 0 saturated heterocycles. The molecule has 0 bridgehead atoms. The smallest absolute Gasteiger partial charge is 0.219 e. The Morgan fingerprint density at radius 3 is 1.53 bits per heavy atom. The topological polar surface area (TPSA) is 77.4 Å². The lowest BCUT2D eigenvalue weighted by Gasteiger charge is -2.49. The van der Waals surface area contributed by atoms with E-state index in [4.69, 9.17) is 18.1 Å². The first-order valence-corrected chi connectivity index (χ1v) is 26.7. The van der Waals surface area contributed by atoms with E-state index < -0.39 is 28.6 Å². The summed E-state index contributed by atoms with van der Waals surface area (Å²) in [6.07, 6.45) is 11.1. The standard InChI is InChI=1S/C38H86N2O6SSi2/c1-15-17-19-21-25-39(7,8)31-35(41)33-43-27-23-29-47-45-37(3,4)49(13,14)46-38(5,6)48(11,12)30-24-28-44-34-36(42)32-40(9,10)26-22-20-18-16-2/h35-36,41-42H,15-34H2,1-14H3/q+2. The van der Waals surface area contributed by atoms with Crippen molar-refractivity contribution in [3.05, 3.63) is 0 Å². The van der Waals surface area contributed by atoms with Crippen molar-refractivity contribution in [1.82, 2.24) is 0 Å². The minimum atomic E-state index is -2.25. The van der Waals surface area contributed by atoms with E-state index in [0.717, 1.165) is 59.8 Å². The number of quaternary nitrogens is 2. The van der Waals surface area contributed by atoms with Gasteiger partial charge in [-0.3, -0.25) is 0 Å². The van der Waals surface area contributed by atoms with Crippen molar-refractivity contribution in [2.75, 3.05) is 86.6 Å². The minimum absolute atomic E-state index is 0.204. The van der Waals surface area contributed by atoms with Crippen LogP contribution in [-0.4, -0.2) is 145 Å². The Morgan fingerprint density at radius 1 is 0.633 bits per heavy atom. The summed E-state index contributed by atoms with van der Waals surface area (Å²) >= 11 is 1.52. The Balaban J connectivity index is 4.50. The molecule has 0 saturated carbocycles. The number of ether oxygens (including phenoxy) is 2. The molecule has 0 amide bonds. The van der Waals surface area contributed by atoms with Gasteiger partial charge in [0.2, 0.25) is 8.32 Å². The predicted molar refractivity (Wildman–Crippen MR) is 217 cm³/mol. The van der Waals surface area contributed by atoms with Crippen molar-refractivity contribution in [2.45, 2.75) is 161 Å². The summed E-state index contributed by atoms with van der Waals surface area (Å²) < 4.78 is 27.0. The average Bonchev–Trinajstić information content (AvgIpc) is 2.95. The Bertz CT molecular complexity index is 845. The third kappa shape index (κ3) is 22.3. The van der Waals surface area contributed by atoms with E-state index in [0.29, 0.717) is 26.4 Å². The molecule has 0 aliphatic heterocycles. The highest BCUT2D eigenvalue weighted by atomic mass is 32.2. The highest BCUT2D eigenvalue weighted by molar-refractivity contribution is 7.94. The zero-order chi connectivity index (χ0) is 37.8. The number of hydrogen-bond acceptors (Lipinski definition) is 7. The number of unbranched alkanes of at least 4 members (excludes halogenated alkanes) is 6. The molecule has 0 aliphatic rings. The Hall–Kier alpha value is 0.464. The lowest BCUT2D eigenvalue weighted by Crippen LogP contribution is -2.63. The summed E-state index contributed by atoms with van der Waals surface area (Å²) in [5.41, 5.74) is 0. The molecule has 2 atom stereocenters. The highest BCUT2D eigenvalue weighted by Gasteiger charge is 2.50. The van der Waals surface area contributed by atoms with Gasteiger partial charge < -0.3 is 37.3 Å². The molecule has 0 heterocycles. The van der Waals surface area contributed by atoms with Crippen molar-refractivity contribution in [1.29, 1.82) is 0 Å². The van der Waals surface area contributed by atoms with Gasteiger partial charge in [-0.1, -0.05) is 58.7 Å². The van der Waals surface area contributed by atoms with Gasteiger partial charge in [-0.2, -0.15) is 0 Å². The molecule has 2 N–H and O–H groups in total. The van der Waals surface area contributed by atoms with Crippen LogP contribution in [0, 0.1) is 0 Å². The fraction of sp³-hybridized carbons (Fsp3) is 1.00. The Morgan fingerprint density at radius 2 is 1.08 bits per heavy atom. The first-order chi connectivity index (χ1) is 22.5. The van der Waals surface area contributed by atoms with E-state index in [-0.39, 0.29) is 10.4 Å². The van der Waals surface area contributed by atoms with Crippen molar-refractivity contribution in [3.8, 4) is 0 Å². The van der Waals surface area contributed by atoms with Crippen molar-refractivity contribution in [2.24, 2.45) is 0 Å². The molecule has 296 valence electrons. The van der Waals surface area contributed by atoms with Gasteiger partial charge >= 0.3 is 0 Å². The molecule has 0 radical (unpaired) electrons. The quantitative estimate of drug-likeness (QED) is 0.0312. The van der Waals surface area contributed by atoms with E-state index in [1.165, 1.54) is 63.4 Å². The second-order valence-electron chi connectivity index (χ2n) is 18.1. The summed E-state index contributed by atoms with van der Waals surface area (Å²) in [6, 6.07) is 1.11. The van der Waals surface area contributed by atoms with Gasteiger partial charge in [-0.05, 0) is 91.4 Å². The summed E-state index contributed by atoms with van der Waals surface area (Å²) in [7, 11) is 4.79. The van der Waals surface area contributed by atoms with Crippen LogP contribution in [-0.2, 0) is 18.1 Å². The summed E-state index contributed by atoms with van der Waals surface area (Å²) in [5.74, 6) is 0.844. The third-order valence-electron chi connectivity index (χ3n) is 10.7. The van der Waals surface area contributed by atoms with Gasteiger partial charge in [0, 0.05) is 24.2 Å². The van der Waals surface area contributed by atoms with E-state index in [1.807, 2.05) is 0 Å². The van der Waals surface area contributed by atoms with E-state index in [1.54, 1.807) is 0 Å². The molecule has 0 aromatic carbocycles. The van der Waals surface area contributed by atoms with Gasteiger partial charge in [0.05, 0.1) is 67.8 Å². The van der Waals surface area contributed by atoms with Crippen molar-refractivity contribution in [3.63, 3.8) is 0 Å². The van der Waals surface area contributed by atoms with Crippen LogP contribution in [0.2, 0.25) is 32.2 Å². The predicted octanol–water partition coefficient (Wildman–Crippen LogP) is 8.07. The normalized spacial score (nSPS) is 15.2. The molecule has 0 spiro atoms. The number of likely N-dealkylation sites (N-methyl/N-ethyl adjacent to an activating group) is 2. The van der Waals surface area contributed by atoms with Gasteiger partial charge in [0.1, 0.15) is 25.3 Å². The fourth-order valence-corrected chi connectivity index (χ4v) is 12.7. The maximum atomic E-state index is 10.6. The molecule has 8 nitrogen and oxygen atoms in total. The summed E-state index contributed by atoms with van der Waals surface area (Å²) in [6.45, 7) is 28.6. The Kier molecular flexibility index (Phi) is 24.2. The lowest BCUT2D eigenvalue weighted by atomic mass is 10.2. The second-order valence-corrected chi connectivity index (χ2v) is 28.9. The van der Waals surface area contributed by atoms with E-state index in [9.17, 15) is 10.2 Å². The minimum Gasteiger partial charge on any atom is -0.412 e. The van der Waals surface area contributed by atoms with E-state index in [2.05, 4.69) is 95.9 Å². The number of aliphatic hydroxyl groups excluding tert-OH is 2. The highest BCUT2D eigenvalue weighted by Crippen LogP contribution is 2.37.